The monoisotopic (exact) mass is 595 g/mol. The largest absolute Gasteiger partial charge is 0.309 e. The van der Waals surface area contributed by atoms with Gasteiger partial charge in [0.15, 0.2) is 0 Å². The molecule has 47 heavy (non-hydrogen) atoms. The maximum Gasteiger partial charge on any atom is 0.0541 e. The standard InChI is InChI=1S/C46H29N/c1-2-10-30(11-3-1)31-20-22-32(23-21-31)41-29-42(40-27-25-34-13-8-12-33-24-26-39(41)46(40)45(33)34)35-14-9-15-36(28-35)47-43-18-6-4-16-37(43)38-17-5-7-19-44(38)47/h1-29H. The van der Waals surface area contributed by atoms with E-state index in [2.05, 4.69) is 180 Å². The summed E-state index contributed by atoms with van der Waals surface area (Å²) in [6, 6.07) is 64.5. The van der Waals surface area contributed by atoms with Crippen molar-refractivity contribution in [2.45, 2.75) is 0 Å². The van der Waals surface area contributed by atoms with Crippen molar-refractivity contribution in [3.05, 3.63) is 176 Å². The van der Waals surface area contributed by atoms with Crippen LogP contribution in [0.2, 0.25) is 0 Å². The van der Waals surface area contributed by atoms with Gasteiger partial charge >= 0.3 is 0 Å². The van der Waals surface area contributed by atoms with Gasteiger partial charge in [-0.1, -0.05) is 146 Å². The van der Waals surface area contributed by atoms with Crippen molar-refractivity contribution in [1.82, 2.24) is 4.57 Å². The zero-order chi connectivity index (χ0) is 30.9. The molecule has 0 aliphatic rings. The molecular weight excluding hydrogens is 567 g/mol. The summed E-state index contributed by atoms with van der Waals surface area (Å²) in [7, 11) is 0. The Balaban J connectivity index is 1.24. The third kappa shape index (κ3) is 3.97. The van der Waals surface area contributed by atoms with Crippen molar-refractivity contribution >= 4 is 54.1 Å². The van der Waals surface area contributed by atoms with Crippen LogP contribution in [-0.2, 0) is 0 Å². The Bertz CT molecular complexity index is 2700. The van der Waals surface area contributed by atoms with Crippen molar-refractivity contribution in [3.8, 4) is 39.1 Å². The summed E-state index contributed by atoms with van der Waals surface area (Å²) in [6.07, 6.45) is 0. The molecule has 0 aliphatic carbocycles. The Labute approximate surface area is 272 Å². The molecule has 1 heterocycles. The van der Waals surface area contributed by atoms with Crippen molar-refractivity contribution < 1.29 is 0 Å². The highest BCUT2D eigenvalue weighted by Crippen LogP contribution is 2.44. The SMILES string of the molecule is c1ccc(-c2ccc(-c3cc(-c4cccc(-n5c6ccccc6c6ccccc65)c4)c4ccc5cccc6ccc3c4c65)cc2)cc1. The first kappa shape index (κ1) is 26.1. The van der Waals surface area contributed by atoms with E-state index in [4.69, 9.17) is 0 Å². The number of nitrogens with zero attached hydrogens (tertiary/aromatic N) is 1. The molecule has 0 aliphatic heterocycles. The van der Waals surface area contributed by atoms with Crippen LogP contribution in [0.3, 0.4) is 0 Å². The minimum Gasteiger partial charge on any atom is -0.309 e. The molecule has 0 saturated heterocycles. The van der Waals surface area contributed by atoms with Gasteiger partial charge in [-0.3, -0.25) is 0 Å². The van der Waals surface area contributed by atoms with Crippen molar-refractivity contribution in [2.24, 2.45) is 0 Å². The summed E-state index contributed by atoms with van der Waals surface area (Å²) in [5.41, 5.74) is 11.0. The van der Waals surface area contributed by atoms with E-state index in [1.165, 1.54) is 93.2 Å². The number of para-hydroxylation sites is 2. The molecule has 0 spiro atoms. The van der Waals surface area contributed by atoms with Crippen LogP contribution in [0.5, 0.6) is 0 Å². The van der Waals surface area contributed by atoms with E-state index in [-0.39, 0.29) is 0 Å². The van der Waals surface area contributed by atoms with Gasteiger partial charge in [0.25, 0.3) is 0 Å². The molecule has 218 valence electrons. The van der Waals surface area contributed by atoms with Crippen LogP contribution in [0.1, 0.15) is 0 Å². The quantitative estimate of drug-likeness (QED) is 0.178. The molecule has 0 atom stereocenters. The molecule has 0 amide bonds. The average Bonchev–Trinajstić information content (AvgIpc) is 3.49. The van der Waals surface area contributed by atoms with Gasteiger partial charge in [0.2, 0.25) is 0 Å². The smallest absolute Gasteiger partial charge is 0.0541 e. The third-order valence-electron chi connectivity index (χ3n) is 9.94. The van der Waals surface area contributed by atoms with Crippen LogP contribution in [0, 0.1) is 0 Å². The van der Waals surface area contributed by atoms with Gasteiger partial charge < -0.3 is 4.57 Å². The number of rotatable bonds is 4. The van der Waals surface area contributed by atoms with Gasteiger partial charge in [0, 0.05) is 16.5 Å². The number of aromatic nitrogens is 1. The lowest BCUT2D eigenvalue weighted by Crippen LogP contribution is -1.95. The van der Waals surface area contributed by atoms with Gasteiger partial charge in [-0.2, -0.15) is 0 Å². The normalized spacial score (nSPS) is 11.8. The second-order valence-corrected chi connectivity index (χ2v) is 12.5. The second-order valence-electron chi connectivity index (χ2n) is 12.5. The minimum atomic E-state index is 1.17. The molecule has 1 aromatic heterocycles. The summed E-state index contributed by atoms with van der Waals surface area (Å²) in [5.74, 6) is 0. The number of hydrogen-bond acceptors (Lipinski definition) is 0. The van der Waals surface area contributed by atoms with Gasteiger partial charge in [-0.25, -0.2) is 0 Å². The molecule has 0 radical (unpaired) electrons. The summed E-state index contributed by atoms with van der Waals surface area (Å²) in [4.78, 5) is 0. The summed E-state index contributed by atoms with van der Waals surface area (Å²) < 4.78 is 2.41. The fourth-order valence-corrected chi connectivity index (χ4v) is 7.80. The van der Waals surface area contributed by atoms with E-state index in [9.17, 15) is 0 Å². The Morgan fingerprint density at radius 3 is 1.51 bits per heavy atom. The van der Waals surface area contributed by atoms with Crippen LogP contribution in [0.25, 0.3) is 93.2 Å². The molecule has 1 heteroatoms. The minimum absolute atomic E-state index is 1.17. The molecule has 10 aromatic rings. The Hall–Kier alpha value is -6.18. The van der Waals surface area contributed by atoms with Gasteiger partial charge in [0.05, 0.1) is 11.0 Å². The lowest BCUT2D eigenvalue weighted by Gasteiger charge is -2.19. The summed E-state index contributed by atoms with van der Waals surface area (Å²) in [6.45, 7) is 0. The highest BCUT2D eigenvalue weighted by atomic mass is 15.0. The molecule has 9 aromatic carbocycles. The van der Waals surface area contributed by atoms with E-state index in [0.717, 1.165) is 0 Å². The number of benzene rings is 9. The van der Waals surface area contributed by atoms with Crippen LogP contribution in [-0.4, -0.2) is 4.57 Å². The first-order chi connectivity index (χ1) is 23.3. The van der Waals surface area contributed by atoms with Crippen LogP contribution >= 0.6 is 0 Å². The van der Waals surface area contributed by atoms with E-state index < -0.39 is 0 Å². The fourth-order valence-electron chi connectivity index (χ4n) is 7.80. The maximum absolute atomic E-state index is 2.42. The second kappa shape index (κ2) is 10.2. The lowest BCUT2D eigenvalue weighted by molar-refractivity contribution is 1.18. The molecule has 0 N–H and O–H groups in total. The fraction of sp³-hybridized carbons (Fsp3) is 0. The zero-order valence-corrected chi connectivity index (χ0v) is 25.7. The molecular formula is C46H29N. The Morgan fingerprint density at radius 1 is 0.298 bits per heavy atom. The molecule has 0 fully saturated rings. The first-order valence-corrected chi connectivity index (χ1v) is 16.3. The topological polar surface area (TPSA) is 4.93 Å². The lowest BCUT2D eigenvalue weighted by atomic mass is 9.85. The van der Waals surface area contributed by atoms with Crippen LogP contribution in [0.4, 0.5) is 0 Å². The molecule has 10 rings (SSSR count). The van der Waals surface area contributed by atoms with Gasteiger partial charge in [-0.05, 0) is 96.0 Å². The van der Waals surface area contributed by atoms with Gasteiger partial charge in [-0.15, -0.1) is 0 Å². The van der Waals surface area contributed by atoms with Crippen molar-refractivity contribution in [1.29, 1.82) is 0 Å². The van der Waals surface area contributed by atoms with E-state index in [1.807, 2.05) is 0 Å². The predicted octanol–water partition coefficient (Wildman–Crippen LogP) is 12.7. The van der Waals surface area contributed by atoms with Crippen LogP contribution in [0.15, 0.2) is 176 Å². The zero-order valence-electron chi connectivity index (χ0n) is 25.7. The molecule has 0 bridgehead atoms. The first-order valence-electron chi connectivity index (χ1n) is 16.3. The average molecular weight is 596 g/mol. The predicted molar refractivity (Wildman–Crippen MR) is 201 cm³/mol. The van der Waals surface area contributed by atoms with E-state index in [1.54, 1.807) is 0 Å². The highest BCUT2D eigenvalue weighted by Gasteiger charge is 2.18. The highest BCUT2D eigenvalue weighted by molar-refractivity contribution is 6.28. The van der Waals surface area contributed by atoms with E-state index in [0.29, 0.717) is 0 Å². The van der Waals surface area contributed by atoms with Crippen molar-refractivity contribution in [2.75, 3.05) is 0 Å². The van der Waals surface area contributed by atoms with Crippen molar-refractivity contribution in [3.63, 3.8) is 0 Å². The van der Waals surface area contributed by atoms with Crippen LogP contribution < -0.4 is 0 Å². The molecule has 0 saturated carbocycles. The number of fused-ring (bicyclic) bond motifs is 3. The maximum atomic E-state index is 2.42. The van der Waals surface area contributed by atoms with Gasteiger partial charge in [0.1, 0.15) is 0 Å². The molecule has 1 nitrogen and oxygen atoms in total. The summed E-state index contributed by atoms with van der Waals surface area (Å²) in [5, 5.41) is 10.4. The number of hydrogen-bond donors (Lipinski definition) is 0. The molecule has 0 unspecified atom stereocenters. The third-order valence-corrected chi connectivity index (χ3v) is 9.94. The summed E-state index contributed by atoms with van der Waals surface area (Å²) >= 11 is 0. The Morgan fingerprint density at radius 2 is 0.830 bits per heavy atom. The van der Waals surface area contributed by atoms with E-state index >= 15 is 0 Å². The Kier molecular flexibility index (Phi) is 5.64.